The molecule has 0 spiro atoms. The van der Waals surface area contributed by atoms with Crippen LogP contribution in [0, 0.1) is 12.7 Å². The molecule has 3 N–H and O–H groups in total. The maximum atomic E-state index is 12.9. The summed E-state index contributed by atoms with van der Waals surface area (Å²) < 4.78 is 12.9. The van der Waals surface area contributed by atoms with Crippen LogP contribution in [0.1, 0.15) is 40.9 Å². The normalized spacial score (nSPS) is 22.8. The van der Waals surface area contributed by atoms with Gasteiger partial charge in [0.15, 0.2) is 0 Å². The number of aromatic nitrogens is 2. The van der Waals surface area contributed by atoms with Crippen molar-refractivity contribution in [3.8, 4) is 0 Å². The molecule has 3 nitrogen and oxygen atoms in total. The molecule has 0 fully saturated rings. The number of nitrogens with zero attached hydrogens (tertiary/aromatic N) is 1. The minimum absolute atomic E-state index is 0.0163. The molecule has 2 unspecified atom stereocenters. The third-order valence-corrected chi connectivity index (χ3v) is 3.76. The molecular formula is C14H16FN3. The highest BCUT2D eigenvalue weighted by Gasteiger charge is 2.29. The van der Waals surface area contributed by atoms with Crippen molar-refractivity contribution in [1.82, 2.24) is 10.2 Å². The predicted molar refractivity (Wildman–Crippen MR) is 67.7 cm³/mol. The SMILES string of the molecule is Cc1[nH]nc2c1C(N)CC(c1ccc(F)cc1)C2. The zero-order chi connectivity index (χ0) is 12.7. The summed E-state index contributed by atoms with van der Waals surface area (Å²) in [6.07, 6.45) is 1.76. The lowest BCUT2D eigenvalue weighted by molar-refractivity contribution is 0.497. The van der Waals surface area contributed by atoms with E-state index in [1.807, 2.05) is 19.1 Å². The van der Waals surface area contributed by atoms with Gasteiger partial charge < -0.3 is 5.73 Å². The first kappa shape index (κ1) is 11.4. The Bertz CT molecular complexity index is 559. The van der Waals surface area contributed by atoms with Crippen molar-refractivity contribution in [3.05, 3.63) is 52.6 Å². The molecule has 2 atom stereocenters. The Morgan fingerprint density at radius 1 is 1.33 bits per heavy atom. The number of aryl methyl sites for hydroxylation is 1. The van der Waals surface area contributed by atoms with Crippen LogP contribution >= 0.6 is 0 Å². The van der Waals surface area contributed by atoms with E-state index < -0.39 is 0 Å². The fraction of sp³-hybridized carbons (Fsp3) is 0.357. The van der Waals surface area contributed by atoms with Gasteiger partial charge in [0.25, 0.3) is 0 Å². The predicted octanol–water partition coefficient (Wildman–Crippen LogP) is 2.59. The molecule has 1 aliphatic rings. The first-order valence-electron chi connectivity index (χ1n) is 6.20. The molecule has 0 amide bonds. The van der Waals surface area contributed by atoms with Crippen molar-refractivity contribution >= 4 is 0 Å². The van der Waals surface area contributed by atoms with Crippen molar-refractivity contribution in [2.75, 3.05) is 0 Å². The van der Waals surface area contributed by atoms with Gasteiger partial charge in [0.05, 0.1) is 5.69 Å². The number of hydrogen-bond donors (Lipinski definition) is 2. The molecule has 0 bridgehead atoms. The number of hydrogen-bond acceptors (Lipinski definition) is 2. The summed E-state index contributed by atoms with van der Waals surface area (Å²) in [6.45, 7) is 2.00. The van der Waals surface area contributed by atoms with Crippen LogP contribution in [0.25, 0.3) is 0 Å². The Morgan fingerprint density at radius 3 is 2.78 bits per heavy atom. The summed E-state index contributed by atoms with van der Waals surface area (Å²) >= 11 is 0. The van der Waals surface area contributed by atoms with E-state index in [1.54, 1.807) is 0 Å². The van der Waals surface area contributed by atoms with Gasteiger partial charge in [-0.3, -0.25) is 5.10 Å². The van der Waals surface area contributed by atoms with Crippen LogP contribution in [-0.2, 0) is 6.42 Å². The van der Waals surface area contributed by atoms with E-state index in [-0.39, 0.29) is 11.9 Å². The number of nitrogens with one attached hydrogen (secondary N) is 1. The second kappa shape index (κ2) is 4.21. The number of H-pyrrole nitrogens is 1. The van der Waals surface area contributed by atoms with Crippen LogP contribution in [0.5, 0.6) is 0 Å². The molecule has 1 aromatic carbocycles. The summed E-state index contributed by atoms with van der Waals surface area (Å²) in [7, 11) is 0. The third kappa shape index (κ3) is 1.82. The van der Waals surface area contributed by atoms with Crippen LogP contribution in [0.4, 0.5) is 4.39 Å². The summed E-state index contributed by atoms with van der Waals surface area (Å²) in [5, 5.41) is 7.32. The molecule has 1 aliphatic carbocycles. The van der Waals surface area contributed by atoms with Gasteiger partial charge in [0, 0.05) is 17.3 Å². The van der Waals surface area contributed by atoms with Crippen molar-refractivity contribution < 1.29 is 4.39 Å². The van der Waals surface area contributed by atoms with E-state index in [0.29, 0.717) is 5.92 Å². The smallest absolute Gasteiger partial charge is 0.123 e. The Balaban J connectivity index is 1.92. The molecule has 4 heteroatoms. The molecule has 3 rings (SSSR count). The Labute approximate surface area is 105 Å². The van der Waals surface area contributed by atoms with Gasteiger partial charge in [-0.25, -0.2) is 4.39 Å². The van der Waals surface area contributed by atoms with Crippen LogP contribution in [0.2, 0.25) is 0 Å². The van der Waals surface area contributed by atoms with Crippen molar-refractivity contribution in [3.63, 3.8) is 0 Å². The highest BCUT2D eigenvalue weighted by molar-refractivity contribution is 5.34. The number of nitrogens with two attached hydrogens (primary N) is 1. The van der Waals surface area contributed by atoms with Crippen LogP contribution < -0.4 is 5.73 Å². The monoisotopic (exact) mass is 245 g/mol. The second-order valence-electron chi connectivity index (χ2n) is 5.00. The van der Waals surface area contributed by atoms with Crippen LogP contribution in [-0.4, -0.2) is 10.2 Å². The number of aromatic amines is 1. The van der Waals surface area contributed by atoms with Crippen molar-refractivity contribution in [2.24, 2.45) is 5.73 Å². The van der Waals surface area contributed by atoms with Crippen molar-refractivity contribution in [2.45, 2.75) is 31.7 Å². The molecule has 1 aromatic heterocycles. The number of rotatable bonds is 1. The molecule has 2 aromatic rings. The van der Waals surface area contributed by atoms with Crippen LogP contribution in [0.15, 0.2) is 24.3 Å². The highest BCUT2D eigenvalue weighted by atomic mass is 19.1. The molecule has 0 aliphatic heterocycles. The molecule has 0 saturated heterocycles. The maximum absolute atomic E-state index is 12.9. The first-order chi connectivity index (χ1) is 8.65. The van der Waals surface area contributed by atoms with Crippen molar-refractivity contribution in [1.29, 1.82) is 0 Å². The maximum Gasteiger partial charge on any atom is 0.123 e. The van der Waals surface area contributed by atoms with Gasteiger partial charge in [0.2, 0.25) is 0 Å². The van der Waals surface area contributed by atoms with Gasteiger partial charge in [-0.05, 0) is 43.4 Å². The highest BCUT2D eigenvalue weighted by Crippen LogP contribution is 2.37. The van der Waals surface area contributed by atoms with E-state index in [2.05, 4.69) is 10.2 Å². The second-order valence-corrected chi connectivity index (χ2v) is 5.00. The summed E-state index contributed by atoms with van der Waals surface area (Å²) in [4.78, 5) is 0. The lowest BCUT2D eigenvalue weighted by atomic mass is 9.80. The number of benzene rings is 1. The van der Waals surface area contributed by atoms with E-state index >= 15 is 0 Å². The Morgan fingerprint density at radius 2 is 2.06 bits per heavy atom. The lowest BCUT2D eigenvalue weighted by Crippen LogP contribution is -2.23. The van der Waals surface area contributed by atoms with E-state index in [0.717, 1.165) is 35.4 Å². The minimum Gasteiger partial charge on any atom is -0.324 e. The molecule has 0 saturated carbocycles. The standard InChI is InChI=1S/C14H16FN3/c1-8-14-12(16)6-10(7-13(14)18-17-8)9-2-4-11(15)5-3-9/h2-5,10,12H,6-7,16H2,1H3,(H,17,18). The molecule has 1 heterocycles. The lowest BCUT2D eigenvalue weighted by Gasteiger charge is -2.27. The van der Waals surface area contributed by atoms with Crippen LogP contribution in [0.3, 0.4) is 0 Å². The quantitative estimate of drug-likeness (QED) is 0.811. The fourth-order valence-electron chi connectivity index (χ4n) is 2.87. The Hall–Kier alpha value is -1.68. The van der Waals surface area contributed by atoms with Gasteiger partial charge in [-0.1, -0.05) is 12.1 Å². The van der Waals surface area contributed by atoms with Gasteiger partial charge in [-0.15, -0.1) is 0 Å². The average Bonchev–Trinajstić information content (AvgIpc) is 2.72. The van der Waals surface area contributed by atoms with Gasteiger partial charge in [-0.2, -0.15) is 5.10 Å². The van der Waals surface area contributed by atoms with Gasteiger partial charge >= 0.3 is 0 Å². The minimum atomic E-state index is -0.199. The third-order valence-electron chi connectivity index (χ3n) is 3.76. The Kier molecular flexibility index (Phi) is 2.67. The van der Waals surface area contributed by atoms with E-state index in [1.165, 1.54) is 12.1 Å². The molecule has 18 heavy (non-hydrogen) atoms. The zero-order valence-corrected chi connectivity index (χ0v) is 10.3. The van der Waals surface area contributed by atoms with Gasteiger partial charge in [0.1, 0.15) is 5.82 Å². The summed E-state index contributed by atoms with van der Waals surface area (Å²) in [5.41, 5.74) is 10.6. The fourth-order valence-corrected chi connectivity index (χ4v) is 2.87. The average molecular weight is 245 g/mol. The number of halogens is 1. The molecule has 94 valence electrons. The first-order valence-corrected chi connectivity index (χ1v) is 6.20. The van der Waals surface area contributed by atoms with E-state index in [9.17, 15) is 4.39 Å². The zero-order valence-electron chi connectivity index (χ0n) is 10.3. The largest absolute Gasteiger partial charge is 0.324 e. The topological polar surface area (TPSA) is 54.7 Å². The molecular weight excluding hydrogens is 229 g/mol. The van der Waals surface area contributed by atoms with E-state index in [4.69, 9.17) is 5.73 Å². The summed E-state index contributed by atoms with van der Waals surface area (Å²) in [5.74, 6) is 0.131. The summed E-state index contributed by atoms with van der Waals surface area (Å²) in [6, 6.07) is 6.72. The molecule has 0 radical (unpaired) electrons. The number of fused-ring (bicyclic) bond motifs is 1.